The second kappa shape index (κ2) is 13.0. The van der Waals surface area contributed by atoms with Crippen molar-refractivity contribution in [1.82, 2.24) is 5.32 Å². The number of quaternary nitrogens is 1. The van der Waals surface area contributed by atoms with E-state index in [0.29, 0.717) is 0 Å². The molecule has 0 aromatic heterocycles. The van der Waals surface area contributed by atoms with Crippen LogP contribution in [0, 0.1) is 5.41 Å². The fourth-order valence-corrected chi connectivity index (χ4v) is 1.79. The number of hydrogen-bond donors (Lipinski definition) is 2. The van der Waals surface area contributed by atoms with E-state index in [0.717, 1.165) is 43.3 Å². The summed E-state index contributed by atoms with van der Waals surface area (Å²) in [6.45, 7) is 7.96. The van der Waals surface area contributed by atoms with E-state index in [2.05, 4.69) is 26.5 Å². The summed E-state index contributed by atoms with van der Waals surface area (Å²) in [5, 5.41) is 11.8. The standard InChI is InChI=1S/C14H30N2O2.CH2O.ClH/c1-14(2,9-6-7-12-17)13(18)15-10-8-11-16(3,4)5;1-2;/h17H,6-12H2,1-5H3;1H2;1H. The van der Waals surface area contributed by atoms with Gasteiger partial charge in [0.25, 0.3) is 0 Å². The van der Waals surface area contributed by atoms with E-state index in [1.165, 1.54) is 0 Å². The van der Waals surface area contributed by atoms with Gasteiger partial charge in [0.05, 0.1) is 27.7 Å². The molecule has 0 fully saturated rings. The molecule has 2 N–H and O–H groups in total. The molecular weight excluding hydrogens is 292 g/mol. The molecule has 128 valence electrons. The first-order valence-corrected chi connectivity index (χ1v) is 7.17. The lowest BCUT2D eigenvalue weighted by atomic mass is 9.86. The first-order valence-electron chi connectivity index (χ1n) is 7.17. The smallest absolute Gasteiger partial charge is 0.225 e. The minimum atomic E-state index is -0.328. The molecule has 0 heterocycles. The third kappa shape index (κ3) is 15.6. The largest absolute Gasteiger partial charge is 1.00 e. The summed E-state index contributed by atoms with van der Waals surface area (Å²) in [6.07, 6.45) is 3.50. The number of nitrogens with one attached hydrogen (secondary N) is 1. The molecule has 0 rings (SSSR count). The van der Waals surface area contributed by atoms with Crippen molar-refractivity contribution < 1.29 is 31.6 Å². The number of aliphatic hydroxyl groups excluding tert-OH is 1. The maximum Gasteiger partial charge on any atom is 0.225 e. The van der Waals surface area contributed by atoms with Crippen LogP contribution in [0.3, 0.4) is 0 Å². The number of aliphatic hydroxyl groups is 1. The number of unbranched alkanes of at least 4 members (excludes halogenated alkanes) is 1. The van der Waals surface area contributed by atoms with Gasteiger partial charge in [-0.15, -0.1) is 0 Å². The highest BCUT2D eigenvalue weighted by molar-refractivity contribution is 5.81. The molecule has 0 radical (unpaired) electrons. The summed E-state index contributed by atoms with van der Waals surface area (Å²) >= 11 is 0. The summed E-state index contributed by atoms with van der Waals surface area (Å²) in [6, 6.07) is 0. The monoisotopic (exact) mass is 324 g/mol. The predicted octanol–water partition coefficient (Wildman–Crippen LogP) is -1.79. The van der Waals surface area contributed by atoms with E-state index in [-0.39, 0.29) is 30.3 Å². The number of amides is 1. The molecule has 0 aliphatic carbocycles. The van der Waals surface area contributed by atoms with Gasteiger partial charge in [0.15, 0.2) is 0 Å². The minimum Gasteiger partial charge on any atom is -1.00 e. The summed E-state index contributed by atoms with van der Waals surface area (Å²) in [4.78, 5) is 20.0. The Labute approximate surface area is 136 Å². The zero-order valence-electron chi connectivity index (χ0n) is 14.2. The third-order valence-corrected chi connectivity index (χ3v) is 3.12. The van der Waals surface area contributed by atoms with E-state index in [1.54, 1.807) is 0 Å². The maximum atomic E-state index is 12.0. The highest BCUT2D eigenvalue weighted by Gasteiger charge is 2.26. The Hall–Kier alpha value is -0.650. The first-order chi connectivity index (χ1) is 9.19. The lowest BCUT2D eigenvalue weighted by Gasteiger charge is -2.25. The van der Waals surface area contributed by atoms with E-state index in [9.17, 15) is 4.79 Å². The quantitative estimate of drug-likeness (QED) is 0.389. The van der Waals surface area contributed by atoms with Crippen molar-refractivity contribution in [3.8, 4) is 0 Å². The third-order valence-electron chi connectivity index (χ3n) is 3.12. The van der Waals surface area contributed by atoms with Gasteiger partial charge < -0.3 is 32.1 Å². The SMILES string of the molecule is C=O.CC(C)(CCCCO)C(=O)NCCC[N+](C)(C)C.[Cl-]. The number of halogens is 1. The van der Waals surface area contributed by atoms with Crippen LogP contribution < -0.4 is 17.7 Å². The molecule has 0 spiro atoms. The second-order valence-corrected chi connectivity index (χ2v) is 6.69. The molecule has 0 aromatic carbocycles. The predicted molar refractivity (Wildman–Crippen MR) is 82.4 cm³/mol. The van der Waals surface area contributed by atoms with Crippen LogP contribution in [0.15, 0.2) is 0 Å². The van der Waals surface area contributed by atoms with Crippen molar-refractivity contribution in [2.24, 2.45) is 5.41 Å². The van der Waals surface area contributed by atoms with Crippen LogP contribution in [0.25, 0.3) is 0 Å². The zero-order valence-corrected chi connectivity index (χ0v) is 15.0. The van der Waals surface area contributed by atoms with Crippen molar-refractivity contribution >= 4 is 12.7 Å². The number of carbonyl (C=O) groups excluding carboxylic acids is 2. The number of hydrogen-bond acceptors (Lipinski definition) is 3. The molecule has 5 nitrogen and oxygen atoms in total. The van der Waals surface area contributed by atoms with Gasteiger partial charge >= 0.3 is 0 Å². The topological polar surface area (TPSA) is 66.4 Å². The molecule has 0 saturated carbocycles. The lowest BCUT2D eigenvalue weighted by Crippen LogP contribution is -3.00. The van der Waals surface area contributed by atoms with Crippen LogP contribution >= 0.6 is 0 Å². The van der Waals surface area contributed by atoms with Crippen LogP contribution in [0.5, 0.6) is 0 Å². The van der Waals surface area contributed by atoms with Crippen molar-refractivity contribution in [2.45, 2.75) is 39.5 Å². The Balaban J connectivity index is -0.00000103. The molecule has 1 amide bonds. The Morgan fingerprint density at radius 3 is 2.10 bits per heavy atom. The Morgan fingerprint density at radius 2 is 1.67 bits per heavy atom. The van der Waals surface area contributed by atoms with E-state index in [4.69, 9.17) is 9.90 Å². The fourth-order valence-electron chi connectivity index (χ4n) is 1.79. The van der Waals surface area contributed by atoms with Crippen LogP contribution in [0.1, 0.15) is 39.5 Å². The molecular formula is C15H33ClN2O3. The van der Waals surface area contributed by atoms with Crippen molar-refractivity contribution in [3.05, 3.63) is 0 Å². The molecule has 0 aliphatic heterocycles. The van der Waals surface area contributed by atoms with Gasteiger partial charge in [-0.1, -0.05) is 20.3 Å². The van der Waals surface area contributed by atoms with Crippen LogP contribution in [-0.4, -0.2) is 63.1 Å². The van der Waals surface area contributed by atoms with Crippen LogP contribution in [-0.2, 0) is 9.59 Å². The fraction of sp³-hybridized carbons (Fsp3) is 0.867. The summed E-state index contributed by atoms with van der Waals surface area (Å²) in [5.74, 6) is 0.127. The molecule has 0 saturated heterocycles. The molecule has 6 heteroatoms. The molecule has 0 unspecified atom stereocenters. The van der Waals surface area contributed by atoms with Gasteiger partial charge in [0.1, 0.15) is 6.79 Å². The molecule has 0 atom stereocenters. The van der Waals surface area contributed by atoms with Gasteiger partial charge in [0, 0.05) is 25.0 Å². The van der Waals surface area contributed by atoms with Crippen molar-refractivity contribution in [3.63, 3.8) is 0 Å². The van der Waals surface area contributed by atoms with Crippen molar-refractivity contribution in [1.29, 1.82) is 0 Å². The summed E-state index contributed by atoms with van der Waals surface area (Å²) < 4.78 is 0.926. The van der Waals surface area contributed by atoms with Gasteiger partial charge in [-0.3, -0.25) is 4.79 Å². The Bertz CT molecular complexity index is 266. The van der Waals surface area contributed by atoms with Gasteiger partial charge in [-0.05, 0) is 12.8 Å². The van der Waals surface area contributed by atoms with E-state index in [1.807, 2.05) is 20.6 Å². The zero-order chi connectivity index (χ0) is 16.2. The van der Waals surface area contributed by atoms with Crippen molar-refractivity contribution in [2.75, 3.05) is 40.8 Å². The highest BCUT2D eigenvalue weighted by Crippen LogP contribution is 2.23. The number of carbonyl (C=O) groups is 2. The number of nitrogens with zero attached hydrogens (tertiary/aromatic N) is 1. The van der Waals surface area contributed by atoms with Gasteiger partial charge in [-0.2, -0.15) is 0 Å². The van der Waals surface area contributed by atoms with Gasteiger partial charge in [0.2, 0.25) is 5.91 Å². The molecule has 0 aromatic rings. The van der Waals surface area contributed by atoms with E-state index < -0.39 is 0 Å². The molecule has 0 bridgehead atoms. The molecule has 21 heavy (non-hydrogen) atoms. The highest BCUT2D eigenvalue weighted by atomic mass is 35.5. The van der Waals surface area contributed by atoms with E-state index >= 15 is 0 Å². The Morgan fingerprint density at radius 1 is 1.14 bits per heavy atom. The maximum absolute atomic E-state index is 12.0. The second-order valence-electron chi connectivity index (χ2n) is 6.69. The average molecular weight is 325 g/mol. The normalized spacial score (nSPS) is 11.0. The average Bonchev–Trinajstić information content (AvgIpc) is 2.36. The molecule has 0 aliphatic rings. The Kier molecular flexibility index (Phi) is 15.7. The minimum absolute atomic E-state index is 0. The first kappa shape index (κ1) is 25.3. The van der Waals surface area contributed by atoms with Gasteiger partial charge in [-0.25, -0.2) is 0 Å². The number of rotatable bonds is 9. The summed E-state index contributed by atoms with van der Waals surface area (Å²) in [5.41, 5.74) is -0.328. The summed E-state index contributed by atoms with van der Waals surface area (Å²) in [7, 11) is 6.46. The lowest BCUT2D eigenvalue weighted by molar-refractivity contribution is -0.870. The van der Waals surface area contributed by atoms with Crippen LogP contribution in [0.4, 0.5) is 0 Å². The van der Waals surface area contributed by atoms with Crippen LogP contribution in [0.2, 0.25) is 0 Å².